The highest BCUT2D eigenvalue weighted by Crippen LogP contribution is 2.22. The third-order valence-corrected chi connectivity index (χ3v) is 4.90. The predicted octanol–water partition coefficient (Wildman–Crippen LogP) is 2.62. The number of fused-ring (bicyclic) bond motifs is 1. The molecule has 0 spiro atoms. The molecule has 2 heterocycles. The summed E-state index contributed by atoms with van der Waals surface area (Å²) >= 11 is 1.37. The molecular weight excluding hydrogens is 354 g/mol. The molecule has 0 unspecified atom stereocenters. The highest BCUT2D eigenvalue weighted by Gasteiger charge is 2.15. The first-order chi connectivity index (χ1) is 12.5. The topological polar surface area (TPSA) is 76.7 Å². The molecule has 0 saturated carbocycles. The Kier molecular flexibility index (Phi) is 5.55. The van der Waals surface area contributed by atoms with E-state index in [9.17, 15) is 9.59 Å². The molecule has 1 amide bonds. The zero-order chi connectivity index (χ0) is 18.7. The van der Waals surface area contributed by atoms with Gasteiger partial charge in [-0.15, -0.1) is 11.3 Å². The molecule has 1 N–H and O–H groups in total. The highest BCUT2D eigenvalue weighted by molar-refractivity contribution is 7.12. The van der Waals surface area contributed by atoms with Gasteiger partial charge < -0.3 is 19.4 Å². The van der Waals surface area contributed by atoms with Gasteiger partial charge in [-0.2, -0.15) is 0 Å². The molecule has 0 aliphatic carbocycles. The lowest BCUT2D eigenvalue weighted by molar-refractivity contribution is 0.102. The van der Waals surface area contributed by atoms with Gasteiger partial charge in [-0.3, -0.25) is 9.36 Å². The monoisotopic (exact) mass is 375 g/mol. The van der Waals surface area contributed by atoms with E-state index in [0.29, 0.717) is 41.4 Å². The van der Waals surface area contributed by atoms with Crippen molar-refractivity contribution in [2.75, 3.05) is 33.1 Å². The summed E-state index contributed by atoms with van der Waals surface area (Å²) in [6.45, 7) is 1.61. The van der Waals surface area contributed by atoms with Gasteiger partial charge in [-0.25, -0.2) is 4.79 Å². The minimum atomic E-state index is -0.397. The number of carbonyl (C=O) groups is 1. The number of anilines is 1. The molecule has 0 radical (unpaired) electrons. The molecule has 0 aliphatic heterocycles. The molecule has 3 aromatic rings. The fraction of sp³-hybridized carbons (Fsp3) is 0.333. The van der Waals surface area contributed by atoms with Crippen molar-refractivity contribution in [2.45, 2.75) is 13.2 Å². The summed E-state index contributed by atoms with van der Waals surface area (Å²) in [6.07, 6.45) is 0. The molecule has 0 fully saturated rings. The van der Waals surface area contributed by atoms with Gasteiger partial charge in [-0.1, -0.05) is 0 Å². The van der Waals surface area contributed by atoms with Gasteiger partial charge in [0.15, 0.2) is 5.58 Å². The minimum Gasteiger partial charge on any atom is -0.408 e. The van der Waals surface area contributed by atoms with Crippen molar-refractivity contribution in [1.82, 2.24) is 9.47 Å². The van der Waals surface area contributed by atoms with Crippen molar-refractivity contribution in [3.8, 4) is 0 Å². The number of nitrogens with zero attached hydrogens (tertiary/aromatic N) is 2. The van der Waals surface area contributed by atoms with Crippen LogP contribution in [-0.2, 0) is 17.9 Å². The molecule has 3 rings (SSSR count). The average molecular weight is 375 g/mol. The Morgan fingerprint density at radius 2 is 2.15 bits per heavy atom. The van der Waals surface area contributed by atoms with Crippen molar-refractivity contribution in [3.05, 3.63) is 50.6 Å². The second kappa shape index (κ2) is 7.86. The van der Waals surface area contributed by atoms with Crippen LogP contribution in [0.4, 0.5) is 5.69 Å². The Morgan fingerprint density at radius 3 is 2.88 bits per heavy atom. The Labute approximate surface area is 154 Å². The van der Waals surface area contributed by atoms with Crippen LogP contribution >= 0.6 is 11.3 Å². The van der Waals surface area contributed by atoms with E-state index in [4.69, 9.17) is 9.15 Å². The van der Waals surface area contributed by atoms with Gasteiger partial charge in [0.1, 0.15) is 0 Å². The molecule has 0 saturated heterocycles. The van der Waals surface area contributed by atoms with E-state index in [1.807, 2.05) is 30.4 Å². The number of methoxy groups -OCH3 is 1. The van der Waals surface area contributed by atoms with Crippen LogP contribution in [0.3, 0.4) is 0 Å². The number of amides is 1. The number of hydrogen-bond acceptors (Lipinski definition) is 6. The van der Waals surface area contributed by atoms with Crippen molar-refractivity contribution in [2.24, 2.45) is 0 Å². The molecule has 7 nitrogen and oxygen atoms in total. The highest BCUT2D eigenvalue weighted by atomic mass is 32.1. The number of oxazole rings is 1. The molecule has 2 aromatic heterocycles. The van der Waals surface area contributed by atoms with Gasteiger partial charge in [0.2, 0.25) is 0 Å². The molecule has 1 aromatic carbocycles. The summed E-state index contributed by atoms with van der Waals surface area (Å²) < 4.78 is 12.0. The van der Waals surface area contributed by atoms with Gasteiger partial charge in [0, 0.05) is 31.5 Å². The quantitative estimate of drug-likeness (QED) is 0.687. The van der Waals surface area contributed by atoms with E-state index in [2.05, 4.69) is 5.32 Å². The normalized spacial score (nSPS) is 11.4. The first-order valence-electron chi connectivity index (χ1n) is 8.14. The van der Waals surface area contributed by atoms with Crippen LogP contribution in [0.25, 0.3) is 11.1 Å². The molecule has 138 valence electrons. The van der Waals surface area contributed by atoms with Crippen LogP contribution in [-0.4, -0.2) is 43.1 Å². The third kappa shape index (κ3) is 3.87. The van der Waals surface area contributed by atoms with Crippen LogP contribution in [0.5, 0.6) is 0 Å². The standard InChI is InChI=1S/C18H21N3O4S/c1-20(2)7-8-21-14-10-13(4-5-15(14)25-18(21)23)19-17(22)16-12(11-24-3)6-9-26-16/h4-6,9-10H,7-8,11H2,1-3H3,(H,19,22). The Morgan fingerprint density at radius 1 is 1.35 bits per heavy atom. The van der Waals surface area contributed by atoms with Crippen LogP contribution in [0.1, 0.15) is 15.2 Å². The van der Waals surface area contributed by atoms with Crippen molar-refractivity contribution in [1.29, 1.82) is 0 Å². The van der Waals surface area contributed by atoms with Gasteiger partial charge in [0.25, 0.3) is 5.91 Å². The largest absolute Gasteiger partial charge is 0.419 e. The Balaban J connectivity index is 1.86. The number of nitrogens with one attached hydrogen (secondary N) is 1. The first kappa shape index (κ1) is 18.4. The lowest BCUT2D eigenvalue weighted by atomic mass is 10.2. The van der Waals surface area contributed by atoms with E-state index in [0.717, 1.165) is 5.56 Å². The van der Waals surface area contributed by atoms with Crippen LogP contribution in [0.2, 0.25) is 0 Å². The number of benzene rings is 1. The number of thiophene rings is 1. The number of likely N-dealkylation sites (N-methyl/N-ethyl adjacent to an activating group) is 1. The predicted molar refractivity (Wildman–Crippen MR) is 102 cm³/mol. The number of hydrogen-bond donors (Lipinski definition) is 1. The lowest BCUT2D eigenvalue weighted by Crippen LogP contribution is -2.23. The lowest BCUT2D eigenvalue weighted by Gasteiger charge is -2.10. The van der Waals surface area contributed by atoms with Crippen molar-refractivity contribution >= 4 is 34.0 Å². The average Bonchev–Trinajstić information content (AvgIpc) is 3.17. The summed E-state index contributed by atoms with van der Waals surface area (Å²) in [5.41, 5.74) is 2.63. The van der Waals surface area contributed by atoms with Gasteiger partial charge >= 0.3 is 5.76 Å². The van der Waals surface area contributed by atoms with E-state index in [-0.39, 0.29) is 5.91 Å². The van der Waals surface area contributed by atoms with Crippen LogP contribution in [0, 0.1) is 0 Å². The van der Waals surface area contributed by atoms with Gasteiger partial charge in [0.05, 0.1) is 17.0 Å². The second-order valence-electron chi connectivity index (χ2n) is 6.17. The van der Waals surface area contributed by atoms with E-state index in [1.165, 1.54) is 11.3 Å². The molecule has 0 bridgehead atoms. The molecule has 26 heavy (non-hydrogen) atoms. The van der Waals surface area contributed by atoms with Gasteiger partial charge in [-0.05, 0) is 43.7 Å². The van der Waals surface area contributed by atoms with Crippen LogP contribution in [0.15, 0.2) is 38.9 Å². The maximum atomic E-state index is 12.6. The van der Waals surface area contributed by atoms with Crippen molar-refractivity contribution < 1.29 is 13.9 Å². The molecule has 8 heteroatoms. The summed E-state index contributed by atoms with van der Waals surface area (Å²) in [4.78, 5) is 27.2. The molecule has 0 aliphatic rings. The second-order valence-corrected chi connectivity index (χ2v) is 7.08. The summed E-state index contributed by atoms with van der Waals surface area (Å²) in [5, 5.41) is 4.75. The van der Waals surface area contributed by atoms with Crippen LogP contribution < -0.4 is 11.1 Å². The summed E-state index contributed by atoms with van der Waals surface area (Å²) in [6, 6.07) is 7.06. The smallest absolute Gasteiger partial charge is 0.408 e. The molecule has 0 atom stereocenters. The SMILES string of the molecule is COCc1ccsc1C(=O)Nc1ccc2oc(=O)n(CCN(C)C)c2c1. The van der Waals surface area contributed by atoms with E-state index < -0.39 is 5.76 Å². The first-order valence-corrected chi connectivity index (χ1v) is 9.02. The van der Waals surface area contributed by atoms with E-state index >= 15 is 0 Å². The van der Waals surface area contributed by atoms with E-state index in [1.54, 1.807) is 29.9 Å². The minimum absolute atomic E-state index is 0.197. The van der Waals surface area contributed by atoms with Crippen molar-refractivity contribution in [3.63, 3.8) is 0 Å². The number of aromatic nitrogens is 1. The Hall–Kier alpha value is -2.42. The third-order valence-electron chi connectivity index (χ3n) is 3.95. The maximum absolute atomic E-state index is 12.6. The fourth-order valence-electron chi connectivity index (χ4n) is 2.64. The summed E-state index contributed by atoms with van der Waals surface area (Å²) in [7, 11) is 5.48. The fourth-order valence-corrected chi connectivity index (χ4v) is 3.45. The number of ether oxygens (including phenoxy) is 1. The summed E-state index contributed by atoms with van der Waals surface area (Å²) in [5.74, 6) is -0.594. The maximum Gasteiger partial charge on any atom is 0.419 e. The number of rotatable bonds is 7. The Bertz CT molecular complexity index is 970. The zero-order valence-corrected chi connectivity index (χ0v) is 15.8. The molecular formula is C18H21N3O4S. The number of carbonyl (C=O) groups excluding carboxylic acids is 1. The zero-order valence-electron chi connectivity index (χ0n) is 14.9.